The molecule has 2 rings (SSSR count). The van der Waals surface area contributed by atoms with Gasteiger partial charge in [-0.15, -0.1) is 0 Å². The lowest BCUT2D eigenvalue weighted by molar-refractivity contribution is -0.130. The zero-order chi connectivity index (χ0) is 16.1. The molecule has 1 aromatic carbocycles. The average Bonchev–Trinajstić information content (AvgIpc) is 2.79. The number of hydrogen-bond acceptors (Lipinski definition) is 3. The Hall–Kier alpha value is -1.55. The number of carbonyl (C=O) groups excluding carboxylic acids is 1. The monoisotopic (exact) mass is 304 g/mol. The van der Waals surface area contributed by atoms with E-state index in [4.69, 9.17) is 4.74 Å². The summed E-state index contributed by atoms with van der Waals surface area (Å²) in [5.41, 5.74) is 4.93. The molecule has 1 saturated heterocycles. The van der Waals surface area contributed by atoms with Crippen molar-refractivity contribution in [1.82, 2.24) is 10.2 Å². The van der Waals surface area contributed by atoms with E-state index in [9.17, 15) is 4.79 Å². The summed E-state index contributed by atoms with van der Waals surface area (Å²) in [4.78, 5) is 14.4. The maximum atomic E-state index is 12.4. The van der Waals surface area contributed by atoms with Crippen LogP contribution in [-0.4, -0.2) is 44.1 Å². The number of carbonyl (C=O) groups is 1. The van der Waals surface area contributed by atoms with Gasteiger partial charge in [0.15, 0.2) is 0 Å². The van der Waals surface area contributed by atoms with Gasteiger partial charge in [-0.05, 0) is 68.5 Å². The van der Waals surface area contributed by atoms with Crippen molar-refractivity contribution in [1.29, 1.82) is 0 Å². The molecule has 0 aromatic heterocycles. The summed E-state index contributed by atoms with van der Waals surface area (Å²) >= 11 is 0. The number of rotatable bonds is 4. The second kappa shape index (κ2) is 7.63. The van der Waals surface area contributed by atoms with Crippen LogP contribution in [0.25, 0.3) is 0 Å². The van der Waals surface area contributed by atoms with E-state index in [1.54, 1.807) is 7.11 Å². The first kappa shape index (κ1) is 16.8. The standard InChI is InChI=1S/C18H28N2O2/c1-13-12-17(22-4)15(3)14(2)16(13)6-7-18(21)20-10-5-8-19-9-11-20/h12,19H,5-11H2,1-4H3. The first-order valence-electron chi connectivity index (χ1n) is 8.16. The summed E-state index contributed by atoms with van der Waals surface area (Å²) in [6, 6.07) is 2.08. The Kier molecular flexibility index (Phi) is 5.83. The van der Waals surface area contributed by atoms with Crippen molar-refractivity contribution >= 4 is 5.91 Å². The fourth-order valence-electron chi connectivity index (χ4n) is 3.18. The molecular weight excluding hydrogens is 276 g/mol. The molecule has 0 bridgehead atoms. The molecule has 0 atom stereocenters. The van der Waals surface area contributed by atoms with Crippen molar-refractivity contribution in [2.75, 3.05) is 33.3 Å². The van der Waals surface area contributed by atoms with E-state index >= 15 is 0 Å². The predicted molar refractivity (Wildman–Crippen MR) is 89.6 cm³/mol. The SMILES string of the molecule is COc1cc(C)c(CCC(=O)N2CCCNCC2)c(C)c1C. The van der Waals surface area contributed by atoms with Gasteiger partial charge in [-0.1, -0.05) is 0 Å². The highest BCUT2D eigenvalue weighted by molar-refractivity contribution is 5.76. The van der Waals surface area contributed by atoms with Gasteiger partial charge in [-0.3, -0.25) is 4.79 Å². The molecule has 4 nitrogen and oxygen atoms in total. The van der Waals surface area contributed by atoms with Gasteiger partial charge in [0, 0.05) is 26.1 Å². The number of amides is 1. The minimum Gasteiger partial charge on any atom is -0.496 e. The van der Waals surface area contributed by atoms with Crippen LogP contribution in [0.1, 0.15) is 35.1 Å². The lowest BCUT2D eigenvalue weighted by Crippen LogP contribution is -2.34. The number of methoxy groups -OCH3 is 1. The van der Waals surface area contributed by atoms with Crippen molar-refractivity contribution in [3.63, 3.8) is 0 Å². The van der Waals surface area contributed by atoms with Crippen LogP contribution < -0.4 is 10.1 Å². The van der Waals surface area contributed by atoms with Gasteiger partial charge in [-0.25, -0.2) is 0 Å². The van der Waals surface area contributed by atoms with Crippen LogP contribution in [0.15, 0.2) is 6.07 Å². The molecule has 1 heterocycles. The van der Waals surface area contributed by atoms with Crippen LogP contribution in [0.3, 0.4) is 0 Å². The minimum atomic E-state index is 0.274. The Bertz CT molecular complexity index is 532. The Labute approximate surface area is 133 Å². The number of nitrogens with one attached hydrogen (secondary N) is 1. The summed E-state index contributed by atoms with van der Waals surface area (Å²) in [5, 5.41) is 3.34. The molecule has 0 saturated carbocycles. The first-order chi connectivity index (χ1) is 10.5. The molecule has 22 heavy (non-hydrogen) atoms. The molecule has 0 spiro atoms. The number of hydrogen-bond donors (Lipinski definition) is 1. The maximum absolute atomic E-state index is 12.4. The smallest absolute Gasteiger partial charge is 0.222 e. The molecule has 1 aromatic rings. The summed E-state index contributed by atoms with van der Waals surface area (Å²) in [5.74, 6) is 1.21. The van der Waals surface area contributed by atoms with Crippen molar-refractivity contribution in [3.8, 4) is 5.75 Å². The second-order valence-corrected chi connectivity index (χ2v) is 6.11. The van der Waals surface area contributed by atoms with Crippen LogP contribution in [-0.2, 0) is 11.2 Å². The zero-order valence-electron chi connectivity index (χ0n) is 14.3. The third-order valence-corrected chi connectivity index (χ3v) is 4.71. The molecule has 1 aliphatic rings. The van der Waals surface area contributed by atoms with Crippen molar-refractivity contribution in [2.24, 2.45) is 0 Å². The molecule has 4 heteroatoms. The average molecular weight is 304 g/mol. The van der Waals surface area contributed by atoms with Gasteiger partial charge in [0.25, 0.3) is 0 Å². The molecule has 0 aliphatic carbocycles. The van der Waals surface area contributed by atoms with E-state index in [0.29, 0.717) is 6.42 Å². The Morgan fingerprint density at radius 3 is 2.73 bits per heavy atom. The largest absolute Gasteiger partial charge is 0.496 e. The lowest BCUT2D eigenvalue weighted by atomic mass is 9.94. The number of aryl methyl sites for hydroxylation is 1. The zero-order valence-corrected chi connectivity index (χ0v) is 14.3. The van der Waals surface area contributed by atoms with E-state index in [2.05, 4.69) is 32.2 Å². The van der Waals surface area contributed by atoms with Gasteiger partial charge < -0.3 is 15.0 Å². The Morgan fingerprint density at radius 2 is 2.00 bits per heavy atom. The molecule has 1 aliphatic heterocycles. The third kappa shape index (κ3) is 3.80. The Balaban J connectivity index is 2.05. The molecule has 0 radical (unpaired) electrons. The molecular formula is C18H28N2O2. The fourth-order valence-corrected chi connectivity index (χ4v) is 3.18. The molecule has 0 unspecified atom stereocenters. The van der Waals surface area contributed by atoms with Gasteiger partial charge in [0.05, 0.1) is 7.11 Å². The van der Waals surface area contributed by atoms with Crippen LogP contribution in [0.5, 0.6) is 5.75 Å². The van der Waals surface area contributed by atoms with E-state index in [0.717, 1.165) is 44.8 Å². The minimum absolute atomic E-state index is 0.274. The van der Waals surface area contributed by atoms with Crippen LogP contribution in [0.4, 0.5) is 0 Å². The van der Waals surface area contributed by atoms with Crippen molar-refractivity contribution in [2.45, 2.75) is 40.0 Å². The van der Waals surface area contributed by atoms with E-state index in [1.807, 2.05) is 4.90 Å². The highest BCUT2D eigenvalue weighted by Gasteiger charge is 2.17. The number of benzene rings is 1. The van der Waals surface area contributed by atoms with Gasteiger partial charge in [0.1, 0.15) is 5.75 Å². The summed E-state index contributed by atoms with van der Waals surface area (Å²) in [6.45, 7) is 9.94. The third-order valence-electron chi connectivity index (χ3n) is 4.71. The summed E-state index contributed by atoms with van der Waals surface area (Å²) < 4.78 is 5.41. The van der Waals surface area contributed by atoms with Crippen LogP contribution in [0, 0.1) is 20.8 Å². The van der Waals surface area contributed by atoms with Gasteiger partial charge in [-0.2, -0.15) is 0 Å². The first-order valence-corrected chi connectivity index (χ1v) is 8.16. The number of ether oxygens (including phenoxy) is 1. The number of nitrogens with zero attached hydrogens (tertiary/aromatic N) is 1. The predicted octanol–water partition coefficient (Wildman–Crippen LogP) is 2.37. The van der Waals surface area contributed by atoms with E-state index in [-0.39, 0.29) is 5.91 Å². The molecule has 122 valence electrons. The molecule has 1 fully saturated rings. The van der Waals surface area contributed by atoms with Crippen molar-refractivity contribution in [3.05, 3.63) is 28.3 Å². The summed E-state index contributed by atoms with van der Waals surface area (Å²) in [6.07, 6.45) is 2.45. The second-order valence-electron chi connectivity index (χ2n) is 6.11. The topological polar surface area (TPSA) is 41.6 Å². The van der Waals surface area contributed by atoms with Gasteiger partial charge >= 0.3 is 0 Å². The lowest BCUT2D eigenvalue weighted by Gasteiger charge is -2.21. The quantitative estimate of drug-likeness (QED) is 0.928. The van der Waals surface area contributed by atoms with Crippen LogP contribution in [0.2, 0.25) is 0 Å². The van der Waals surface area contributed by atoms with Crippen molar-refractivity contribution < 1.29 is 9.53 Å². The Morgan fingerprint density at radius 1 is 1.23 bits per heavy atom. The molecule has 1 N–H and O–H groups in total. The fraction of sp³-hybridized carbons (Fsp3) is 0.611. The summed E-state index contributed by atoms with van der Waals surface area (Å²) in [7, 11) is 1.71. The normalized spacial score (nSPS) is 15.5. The maximum Gasteiger partial charge on any atom is 0.222 e. The highest BCUT2D eigenvalue weighted by atomic mass is 16.5. The van der Waals surface area contributed by atoms with E-state index in [1.165, 1.54) is 22.3 Å². The van der Waals surface area contributed by atoms with Gasteiger partial charge in [0.2, 0.25) is 5.91 Å². The van der Waals surface area contributed by atoms with Crippen LogP contribution >= 0.6 is 0 Å². The molecule has 1 amide bonds. The van der Waals surface area contributed by atoms with E-state index < -0.39 is 0 Å². The highest BCUT2D eigenvalue weighted by Crippen LogP contribution is 2.28.